The predicted molar refractivity (Wildman–Crippen MR) is 86.3 cm³/mol. The van der Waals surface area contributed by atoms with Crippen molar-refractivity contribution in [2.45, 2.75) is 5.25 Å². The fourth-order valence-electron chi connectivity index (χ4n) is 2.27. The number of rotatable bonds is 3. The van der Waals surface area contributed by atoms with Crippen molar-refractivity contribution in [2.24, 2.45) is 0 Å². The summed E-state index contributed by atoms with van der Waals surface area (Å²) in [4.78, 5) is 12.0. The van der Waals surface area contributed by atoms with E-state index >= 15 is 0 Å². The van der Waals surface area contributed by atoms with Crippen molar-refractivity contribution < 1.29 is 4.92 Å². The second kappa shape index (κ2) is 5.97. The zero-order valence-electron chi connectivity index (χ0n) is 11.2. The third-order valence-corrected chi connectivity index (χ3v) is 4.67. The topological polar surface area (TPSA) is 43.1 Å². The Bertz CT molecular complexity index is 708. The van der Waals surface area contributed by atoms with Crippen LogP contribution in [0.2, 0.25) is 0 Å². The first-order valence-corrected chi connectivity index (χ1v) is 7.47. The highest BCUT2D eigenvalue weighted by Gasteiger charge is 2.30. The molecule has 1 aliphatic heterocycles. The molecule has 0 aliphatic carbocycles. The molecule has 0 N–H and O–H groups in total. The van der Waals surface area contributed by atoms with Crippen molar-refractivity contribution in [3.8, 4) is 0 Å². The number of allylic oxidation sites excluding steroid dienone is 2. The van der Waals surface area contributed by atoms with Gasteiger partial charge in [0.1, 0.15) is 5.25 Å². The van der Waals surface area contributed by atoms with E-state index < -0.39 is 0 Å². The van der Waals surface area contributed by atoms with Crippen LogP contribution in [0.15, 0.2) is 78.5 Å². The summed E-state index contributed by atoms with van der Waals surface area (Å²) in [6.07, 6.45) is 3.45. The van der Waals surface area contributed by atoms with Crippen LogP contribution in [0.1, 0.15) is 16.4 Å². The molecule has 1 aliphatic rings. The lowest BCUT2D eigenvalue weighted by Crippen LogP contribution is -2.10. The van der Waals surface area contributed by atoms with Crippen molar-refractivity contribution in [3.05, 3.63) is 99.8 Å². The summed E-state index contributed by atoms with van der Waals surface area (Å²) in [5, 5.41) is 11.0. The Hall–Kier alpha value is -2.33. The van der Waals surface area contributed by atoms with Crippen molar-refractivity contribution in [2.75, 3.05) is 0 Å². The van der Waals surface area contributed by atoms with E-state index in [4.69, 9.17) is 0 Å². The van der Waals surface area contributed by atoms with E-state index in [1.54, 1.807) is 6.08 Å². The summed E-state index contributed by atoms with van der Waals surface area (Å²) in [5.74, 6) is 0. The lowest BCUT2D eigenvalue weighted by atomic mass is 10.1. The summed E-state index contributed by atoms with van der Waals surface area (Å²) in [6, 6.07) is 19.6. The molecule has 0 fully saturated rings. The molecule has 0 saturated carbocycles. The average molecular weight is 295 g/mol. The second-order valence-electron chi connectivity index (χ2n) is 4.65. The highest BCUT2D eigenvalue weighted by Crippen LogP contribution is 2.46. The highest BCUT2D eigenvalue weighted by molar-refractivity contribution is 8.08. The third-order valence-electron chi connectivity index (χ3n) is 3.29. The van der Waals surface area contributed by atoms with Gasteiger partial charge in [-0.3, -0.25) is 10.1 Å². The maximum absolute atomic E-state index is 11.3. The number of benzene rings is 2. The maximum atomic E-state index is 11.3. The van der Waals surface area contributed by atoms with Crippen molar-refractivity contribution in [3.63, 3.8) is 0 Å². The zero-order valence-corrected chi connectivity index (χ0v) is 12.0. The van der Waals surface area contributed by atoms with E-state index in [1.165, 1.54) is 11.8 Å². The van der Waals surface area contributed by atoms with Crippen molar-refractivity contribution >= 4 is 16.7 Å². The van der Waals surface area contributed by atoms with Crippen molar-refractivity contribution in [1.82, 2.24) is 0 Å². The Labute approximate surface area is 127 Å². The van der Waals surface area contributed by atoms with Gasteiger partial charge in [0.15, 0.2) is 0 Å². The molecule has 3 nitrogen and oxygen atoms in total. The number of nitro groups is 1. The van der Waals surface area contributed by atoms with Crippen molar-refractivity contribution in [1.29, 1.82) is 0 Å². The van der Waals surface area contributed by atoms with Crippen LogP contribution in [0, 0.1) is 10.1 Å². The van der Waals surface area contributed by atoms with Crippen LogP contribution in [0.5, 0.6) is 0 Å². The van der Waals surface area contributed by atoms with E-state index in [-0.39, 0.29) is 15.9 Å². The van der Waals surface area contributed by atoms with E-state index in [1.807, 2.05) is 66.7 Å². The van der Waals surface area contributed by atoms with Crippen LogP contribution in [0.25, 0.3) is 4.91 Å². The molecule has 2 aromatic carbocycles. The first-order valence-electron chi connectivity index (χ1n) is 6.59. The molecule has 0 spiro atoms. The second-order valence-corrected chi connectivity index (χ2v) is 5.80. The lowest BCUT2D eigenvalue weighted by molar-refractivity contribution is -0.427. The molecule has 1 atom stereocenters. The third kappa shape index (κ3) is 2.90. The van der Waals surface area contributed by atoms with E-state index in [0.29, 0.717) is 0 Å². The highest BCUT2D eigenvalue weighted by atomic mass is 32.2. The van der Waals surface area contributed by atoms with Gasteiger partial charge in [-0.25, -0.2) is 0 Å². The Balaban J connectivity index is 2.00. The lowest BCUT2D eigenvalue weighted by Gasteiger charge is -2.19. The zero-order chi connectivity index (χ0) is 14.7. The summed E-state index contributed by atoms with van der Waals surface area (Å²) < 4.78 is 0. The maximum Gasteiger partial charge on any atom is 0.263 e. The standard InChI is InChI=1S/C17H13NO2S/c19-18(20)15-11-12-16(13-7-3-1-4-8-13)21-17(15)14-9-5-2-6-10-14/h1-12,17H. The minimum Gasteiger partial charge on any atom is -0.259 e. The minimum atomic E-state index is -0.289. The Morgan fingerprint density at radius 2 is 1.52 bits per heavy atom. The monoisotopic (exact) mass is 295 g/mol. The van der Waals surface area contributed by atoms with Gasteiger partial charge >= 0.3 is 0 Å². The average Bonchev–Trinajstić information content (AvgIpc) is 2.56. The molecule has 1 unspecified atom stereocenters. The first-order chi connectivity index (χ1) is 10.3. The molecular formula is C17H13NO2S. The minimum absolute atomic E-state index is 0.228. The molecule has 0 amide bonds. The first kappa shape index (κ1) is 13.6. The normalized spacial score (nSPS) is 17.8. The predicted octanol–water partition coefficient (Wildman–Crippen LogP) is 4.68. The number of thioether (sulfide) groups is 1. The molecule has 3 rings (SSSR count). The van der Waals surface area contributed by atoms with Gasteiger partial charge < -0.3 is 0 Å². The summed E-state index contributed by atoms with van der Waals surface area (Å²) in [6.45, 7) is 0. The Morgan fingerprint density at radius 3 is 2.14 bits per heavy atom. The van der Waals surface area contributed by atoms with Gasteiger partial charge in [0, 0.05) is 11.0 Å². The van der Waals surface area contributed by atoms with E-state index in [0.717, 1.165) is 16.0 Å². The van der Waals surface area contributed by atoms with Crippen LogP contribution in [-0.4, -0.2) is 4.92 Å². The van der Waals surface area contributed by atoms with E-state index in [2.05, 4.69) is 0 Å². The van der Waals surface area contributed by atoms with Crippen LogP contribution >= 0.6 is 11.8 Å². The summed E-state index contributed by atoms with van der Waals surface area (Å²) >= 11 is 1.53. The number of hydrogen-bond donors (Lipinski definition) is 0. The molecule has 0 bridgehead atoms. The van der Waals surface area contributed by atoms with Gasteiger partial charge in [-0.15, -0.1) is 11.8 Å². The van der Waals surface area contributed by atoms with Gasteiger partial charge in [0.2, 0.25) is 0 Å². The molecule has 1 heterocycles. The largest absolute Gasteiger partial charge is 0.263 e. The molecule has 0 radical (unpaired) electrons. The molecular weight excluding hydrogens is 282 g/mol. The van der Waals surface area contributed by atoms with E-state index in [9.17, 15) is 10.1 Å². The van der Waals surface area contributed by atoms with Gasteiger partial charge in [-0.1, -0.05) is 60.7 Å². The van der Waals surface area contributed by atoms with Gasteiger partial charge in [-0.05, 0) is 17.2 Å². The molecule has 104 valence electrons. The van der Waals surface area contributed by atoms with Crippen LogP contribution in [0.3, 0.4) is 0 Å². The fraction of sp³-hybridized carbons (Fsp3) is 0.0588. The van der Waals surface area contributed by atoms with Crippen LogP contribution < -0.4 is 0 Å². The molecule has 0 saturated heterocycles. The van der Waals surface area contributed by atoms with Crippen LogP contribution in [-0.2, 0) is 0 Å². The Morgan fingerprint density at radius 1 is 0.905 bits per heavy atom. The smallest absolute Gasteiger partial charge is 0.259 e. The number of hydrogen-bond acceptors (Lipinski definition) is 3. The summed E-state index contributed by atoms with van der Waals surface area (Å²) in [7, 11) is 0. The number of nitrogens with zero attached hydrogens (tertiary/aromatic N) is 1. The fourth-order valence-corrected chi connectivity index (χ4v) is 3.52. The van der Waals surface area contributed by atoms with Gasteiger partial charge in [0.05, 0.1) is 4.92 Å². The van der Waals surface area contributed by atoms with Gasteiger partial charge in [-0.2, -0.15) is 0 Å². The van der Waals surface area contributed by atoms with Crippen LogP contribution in [0.4, 0.5) is 0 Å². The molecule has 0 aromatic heterocycles. The molecule has 2 aromatic rings. The Kier molecular flexibility index (Phi) is 3.88. The van der Waals surface area contributed by atoms with Gasteiger partial charge in [0.25, 0.3) is 5.70 Å². The quantitative estimate of drug-likeness (QED) is 0.610. The summed E-state index contributed by atoms with van der Waals surface area (Å²) in [5.41, 5.74) is 2.26. The molecule has 4 heteroatoms. The molecule has 21 heavy (non-hydrogen) atoms. The SMILES string of the molecule is O=[N+]([O-])C1=CC=C(c2ccccc2)SC1c1ccccc1.